The molecule has 0 aliphatic carbocycles. The van der Waals surface area contributed by atoms with Crippen LogP contribution < -0.4 is 5.32 Å². The van der Waals surface area contributed by atoms with Crippen LogP contribution in [0.15, 0.2) is 24.3 Å². The van der Waals surface area contributed by atoms with Gasteiger partial charge in [-0.3, -0.25) is 14.7 Å². The molecule has 31 heavy (non-hydrogen) atoms. The molecule has 10 heteroatoms. The average Bonchev–Trinajstić information content (AvgIpc) is 3.48. The molecule has 2 amide bonds. The predicted molar refractivity (Wildman–Crippen MR) is 104 cm³/mol. The van der Waals surface area contributed by atoms with Crippen LogP contribution in [-0.4, -0.2) is 64.4 Å². The summed E-state index contributed by atoms with van der Waals surface area (Å²) in [4.78, 5) is 26.6. The summed E-state index contributed by atoms with van der Waals surface area (Å²) in [7, 11) is 0. The van der Waals surface area contributed by atoms with Crippen molar-refractivity contribution < 1.29 is 27.5 Å². The summed E-state index contributed by atoms with van der Waals surface area (Å²) in [5.41, 5.74) is 0.607. The summed E-state index contributed by atoms with van der Waals surface area (Å²) in [6.07, 6.45) is -4.38. The Morgan fingerprint density at radius 2 is 2.13 bits per heavy atom. The van der Waals surface area contributed by atoms with Gasteiger partial charge in [-0.1, -0.05) is 18.2 Å². The van der Waals surface area contributed by atoms with E-state index in [1.54, 1.807) is 0 Å². The number of benzene rings is 1. The molecule has 4 heterocycles. The van der Waals surface area contributed by atoms with Crippen LogP contribution in [0.25, 0.3) is 10.9 Å². The molecule has 1 spiro atoms. The SMILES string of the molecule is O=C(NC[C@H]1[C@H]2CN(C(=O)CCC(F)(F)F)C[C@]23CC[C@H]1O3)c1n[nH]c2ccccc12. The maximum absolute atomic E-state index is 12.7. The first-order valence-corrected chi connectivity index (χ1v) is 10.5. The van der Waals surface area contributed by atoms with Gasteiger partial charge in [-0.2, -0.15) is 18.3 Å². The van der Waals surface area contributed by atoms with E-state index in [4.69, 9.17) is 4.74 Å². The molecule has 5 rings (SSSR count). The van der Waals surface area contributed by atoms with Gasteiger partial charge in [0.1, 0.15) is 0 Å². The highest BCUT2D eigenvalue weighted by molar-refractivity contribution is 6.04. The second kappa shape index (κ2) is 7.22. The number of nitrogens with one attached hydrogen (secondary N) is 2. The van der Waals surface area contributed by atoms with Crippen molar-refractivity contribution in [1.29, 1.82) is 0 Å². The van der Waals surface area contributed by atoms with Crippen molar-refractivity contribution in [2.45, 2.75) is 43.6 Å². The van der Waals surface area contributed by atoms with E-state index in [1.807, 2.05) is 24.3 Å². The first-order valence-electron chi connectivity index (χ1n) is 10.5. The molecule has 3 saturated heterocycles. The first kappa shape index (κ1) is 20.3. The third-order valence-electron chi connectivity index (χ3n) is 6.94. The highest BCUT2D eigenvalue weighted by atomic mass is 19.4. The van der Waals surface area contributed by atoms with Crippen molar-refractivity contribution in [3.05, 3.63) is 30.0 Å². The van der Waals surface area contributed by atoms with Gasteiger partial charge in [0.15, 0.2) is 5.69 Å². The molecular formula is C21H23F3N4O3. The summed E-state index contributed by atoms with van der Waals surface area (Å²) >= 11 is 0. The van der Waals surface area contributed by atoms with Crippen LogP contribution in [0.3, 0.4) is 0 Å². The first-order chi connectivity index (χ1) is 14.8. The van der Waals surface area contributed by atoms with Gasteiger partial charge in [0.05, 0.1) is 30.2 Å². The zero-order valence-electron chi connectivity index (χ0n) is 16.7. The van der Waals surface area contributed by atoms with E-state index >= 15 is 0 Å². The number of ether oxygens (including phenoxy) is 1. The Morgan fingerprint density at radius 1 is 1.32 bits per heavy atom. The molecule has 2 aromatic rings. The van der Waals surface area contributed by atoms with E-state index in [9.17, 15) is 22.8 Å². The van der Waals surface area contributed by atoms with Gasteiger partial charge in [-0.25, -0.2) is 0 Å². The van der Waals surface area contributed by atoms with E-state index in [-0.39, 0.29) is 23.8 Å². The number of alkyl halides is 3. The summed E-state index contributed by atoms with van der Waals surface area (Å²) in [5, 5.41) is 10.6. The fourth-order valence-electron chi connectivity index (χ4n) is 5.49. The second-order valence-electron chi connectivity index (χ2n) is 8.75. The molecule has 7 nitrogen and oxygen atoms in total. The summed E-state index contributed by atoms with van der Waals surface area (Å²) < 4.78 is 43.7. The maximum atomic E-state index is 12.7. The topological polar surface area (TPSA) is 87.3 Å². The Morgan fingerprint density at radius 3 is 2.94 bits per heavy atom. The molecule has 4 atom stereocenters. The van der Waals surface area contributed by atoms with Gasteiger partial charge in [0, 0.05) is 36.7 Å². The zero-order valence-corrected chi connectivity index (χ0v) is 16.7. The Bertz CT molecular complexity index is 1020. The van der Waals surface area contributed by atoms with Crippen molar-refractivity contribution in [3.63, 3.8) is 0 Å². The monoisotopic (exact) mass is 436 g/mol. The van der Waals surface area contributed by atoms with Crippen molar-refractivity contribution in [3.8, 4) is 0 Å². The number of aromatic nitrogens is 2. The van der Waals surface area contributed by atoms with E-state index < -0.39 is 30.5 Å². The van der Waals surface area contributed by atoms with Crippen molar-refractivity contribution >= 4 is 22.7 Å². The van der Waals surface area contributed by atoms with Crippen LogP contribution in [0.1, 0.15) is 36.2 Å². The molecular weight excluding hydrogens is 413 g/mol. The molecule has 166 valence electrons. The Hall–Kier alpha value is -2.62. The van der Waals surface area contributed by atoms with Gasteiger partial charge in [0.25, 0.3) is 5.91 Å². The molecule has 0 unspecified atom stereocenters. The zero-order chi connectivity index (χ0) is 21.8. The molecule has 1 aromatic heterocycles. The van der Waals surface area contributed by atoms with Crippen molar-refractivity contribution in [2.75, 3.05) is 19.6 Å². The fourth-order valence-corrected chi connectivity index (χ4v) is 5.49. The third-order valence-corrected chi connectivity index (χ3v) is 6.94. The number of likely N-dealkylation sites (tertiary alicyclic amines) is 1. The van der Waals surface area contributed by atoms with Crippen LogP contribution in [0.4, 0.5) is 13.2 Å². The Labute approximate surface area is 176 Å². The minimum atomic E-state index is -4.35. The highest BCUT2D eigenvalue weighted by Crippen LogP contribution is 2.54. The number of carbonyl (C=O) groups excluding carboxylic acids is 2. The van der Waals surface area contributed by atoms with E-state index in [1.165, 1.54) is 4.90 Å². The number of H-pyrrole nitrogens is 1. The number of rotatable bonds is 5. The van der Waals surface area contributed by atoms with Gasteiger partial charge < -0.3 is 15.0 Å². The summed E-state index contributed by atoms with van der Waals surface area (Å²) in [6, 6.07) is 7.36. The largest absolute Gasteiger partial charge is 0.389 e. The lowest BCUT2D eigenvalue weighted by molar-refractivity contribution is -0.149. The van der Waals surface area contributed by atoms with Crippen molar-refractivity contribution in [2.24, 2.45) is 11.8 Å². The minimum Gasteiger partial charge on any atom is -0.369 e. The second-order valence-corrected chi connectivity index (χ2v) is 8.75. The molecule has 3 aliphatic rings. The molecule has 0 radical (unpaired) electrons. The van der Waals surface area contributed by atoms with Crippen LogP contribution in [0, 0.1) is 11.8 Å². The molecule has 2 N–H and O–H groups in total. The van der Waals surface area contributed by atoms with Crippen LogP contribution in [-0.2, 0) is 9.53 Å². The molecule has 0 saturated carbocycles. The molecule has 2 bridgehead atoms. The summed E-state index contributed by atoms with van der Waals surface area (Å²) in [6.45, 7) is 1.08. The van der Waals surface area contributed by atoms with Gasteiger partial charge in [0.2, 0.25) is 5.91 Å². The smallest absolute Gasteiger partial charge is 0.369 e. The fraction of sp³-hybridized carbons (Fsp3) is 0.571. The normalized spacial score (nSPS) is 29.5. The standard InChI is InChI=1S/C21H23F3N4O3/c22-21(23,24)8-6-17(29)28-10-14-13(16-5-7-20(14,11-28)31-16)9-25-19(30)18-12-3-1-2-4-15(12)26-27-18/h1-4,13-14,16H,5-11H2,(H,25,30)(H,26,27)/t13-,14+,16+,20+/m0/s1. The lowest BCUT2D eigenvalue weighted by Gasteiger charge is -2.29. The van der Waals surface area contributed by atoms with E-state index in [2.05, 4.69) is 15.5 Å². The highest BCUT2D eigenvalue weighted by Gasteiger charge is 2.63. The molecule has 3 fully saturated rings. The lowest BCUT2D eigenvalue weighted by Crippen LogP contribution is -2.42. The minimum absolute atomic E-state index is 0.00587. The van der Waals surface area contributed by atoms with Gasteiger partial charge >= 0.3 is 6.18 Å². The number of para-hydroxylation sites is 1. The molecule has 1 aromatic carbocycles. The lowest BCUT2D eigenvalue weighted by atomic mass is 9.73. The van der Waals surface area contributed by atoms with Crippen LogP contribution in [0.2, 0.25) is 0 Å². The van der Waals surface area contributed by atoms with E-state index in [0.717, 1.165) is 23.7 Å². The number of fused-ring (bicyclic) bond motifs is 2. The van der Waals surface area contributed by atoms with Gasteiger partial charge in [-0.15, -0.1) is 0 Å². The number of aromatic amines is 1. The Balaban J connectivity index is 1.24. The third kappa shape index (κ3) is 3.56. The number of halogens is 3. The number of amides is 2. The summed E-state index contributed by atoms with van der Waals surface area (Å²) in [5.74, 6) is -0.745. The molecule has 3 aliphatic heterocycles. The Kier molecular flexibility index (Phi) is 4.72. The average molecular weight is 436 g/mol. The van der Waals surface area contributed by atoms with Gasteiger partial charge in [-0.05, 0) is 18.9 Å². The van der Waals surface area contributed by atoms with Crippen LogP contribution in [0.5, 0.6) is 0 Å². The van der Waals surface area contributed by atoms with Crippen LogP contribution >= 0.6 is 0 Å². The maximum Gasteiger partial charge on any atom is 0.389 e. The number of carbonyl (C=O) groups is 2. The number of nitrogens with zero attached hydrogens (tertiary/aromatic N) is 2. The number of hydrogen-bond donors (Lipinski definition) is 2. The quantitative estimate of drug-likeness (QED) is 0.755. The number of hydrogen-bond acceptors (Lipinski definition) is 4. The predicted octanol–water partition coefficient (Wildman–Crippen LogP) is 2.64. The van der Waals surface area contributed by atoms with E-state index in [0.29, 0.717) is 25.3 Å². The van der Waals surface area contributed by atoms with Crippen molar-refractivity contribution in [1.82, 2.24) is 20.4 Å².